The van der Waals surface area contributed by atoms with E-state index in [9.17, 15) is 4.79 Å². The largest absolute Gasteiger partial charge is 0.495 e. The fourth-order valence-corrected chi connectivity index (χ4v) is 3.68. The highest BCUT2D eigenvalue weighted by Crippen LogP contribution is 2.35. The van der Waals surface area contributed by atoms with E-state index in [1.54, 1.807) is 25.4 Å². The van der Waals surface area contributed by atoms with Gasteiger partial charge in [-0.2, -0.15) is 4.52 Å². The van der Waals surface area contributed by atoms with Crippen LogP contribution in [0.4, 0.5) is 5.69 Å². The molecule has 1 aliphatic rings. The highest BCUT2D eigenvalue weighted by molar-refractivity contribution is 5.94. The first-order valence-electron chi connectivity index (χ1n) is 8.87. The van der Waals surface area contributed by atoms with Gasteiger partial charge in [-0.3, -0.25) is 4.79 Å². The van der Waals surface area contributed by atoms with Crippen molar-refractivity contribution < 1.29 is 9.53 Å². The van der Waals surface area contributed by atoms with Crippen LogP contribution in [0.3, 0.4) is 0 Å². The highest BCUT2D eigenvalue weighted by atomic mass is 16.5. The number of hydrogen-bond donors (Lipinski definition) is 0. The highest BCUT2D eigenvalue weighted by Gasteiger charge is 2.37. The number of tetrazole rings is 1. The number of amides is 1. The third-order valence-electron chi connectivity index (χ3n) is 5.00. The van der Waals surface area contributed by atoms with Crippen molar-refractivity contribution in [1.29, 1.82) is 0 Å². The zero-order valence-corrected chi connectivity index (χ0v) is 15.7. The Hall–Kier alpha value is -3.16. The summed E-state index contributed by atoms with van der Waals surface area (Å²) in [4.78, 5) is 17.2. The number of benzene rings is 1. The van der Waals surface area contributed by atoms with Gasteiger partial charge in [0.05, 0.1) is 23.9 Å². The summed E-state index contributed by atoms with van der Waals surface area (Å²) < 4.78 is 7.04. The molecule has 0 saturated carbocycles. The maximum Gasteiger partial charge on any atom is 0.255 e. The number of rotatable bonds is 3. The van der Waals surface area contributed by atoms with Crippen molar-refractivity contribution in [3.8, 4) is 5.75 Å². The summed E-state index contributed by atoms with van der Waals surface area (Å²) >= 11 is 0. The predicted molar refractivity (Wildman–Crippen MR) is 101 cm³/mol. The molecule has 0 bridgehead atoms. The molecule has 0 N–H and O–H groups in total. The molecule has 1 aromatic carbocycles. The summed E-state index contributed by atoms with van der Waals surface area (Å²) in [5.41, 5.74) is 2.01. The molecule has 8 nitrogen and oxygen atoms in total. The van der Waals surface area contributed by atoms with Gasteiger partial charge in [0.2, 0.25) is 0 Å². The van der Waals surface area contributed by atoms with Gasteiger partial charge in [0.15, 0.2) is 5.65 Å². The molecule has 4 rings (SSSR count). The van der Waals surface area contributed by atoms with Gasteiger partial charge in [0.25, 0.3) is 5.91 Å². The summed E-state index contributed by atoms with van der Waals surface area (Å²) in [6.07, 6.45) is 1.68. The number of nitrogens with zero attached hydrogens (tertiary/aromatic N) is 6. The molecule has 8 heteroatoms. The quantitative estimate of drug-likeness (QED) is 0.704. The number of methoxy groups -OCH3 is 1. The Morgan fingerprint density at radius 1 is 1.15 bits per heavy atom. The van der Waals surface area contributed by atoms with Crippen LogP contribution in [-0.4, -0.2) is 63.1 Å². The Kier molecular flexibility index (Phi) is 4.18. The molecule has 0 spiro atoms. The summed E-state index contributed by atoms with van der Waals surface area (Å²) in [6.45, 7) is 6.25. The molecule has 1 amide bonds. The normalized spacial score (nSPS) is 16.6. The average molecular weight is 366 g/mol. The fourth-order valence-electron chi connectivity index (χ4n) is 3.68. The van der Waals surface area contributed by atoms with Crippen molar-refractivity contribution in [3.05, 3.63) is 48.2 Å². The minimum atomic E-state index is -0.235. The number of ether oxygens (including phenoxy) is 1. The van der Waals surface area contributed by atoms with Crippen LogP contribution in [0, 0.1) is 0 Å². The van der Waals surface area contributed by atoms with Crippen molar-refractivity contribution in [2.45, 2.75) is 19.4 Å². The number of aromatic nitrogens is 4. The van der Waals surface area contributed by atoms with Crippen molar-refractivity contribution in [2.75, 3.05) is 31.6 Å². The molecule has 0 atom stereocenters. The number of hydrogen-bond acceptors (Lipinski definition) is 6. The Labute approximate surface area is 157 Å². The smallest absolute Gasteiger partial charge is 0.255 e. The van der Waals surface area contributed by atoms with Gasteiger partial charge in [-0.25, -0.2) is 0 Å². The maximum atomic E-state index is 13.0. The van der Waals surface area contributed by atoms with E-state index in [1.807, 2.05) is 23.1 Å². The molecule has 3 aromatic rings. The minimum absolute atomic E-state index is 0.0137. The van der Waals surface area contributed by atoms with Crippen LogP contribution in [0.5, 0.6) is 5.75 Å². The lowest BCUT2D eigenvalue weighted by molar-refractivity contribution is 0.0685. The molecule has 27 heavy (non-hydrogen) atoms. The lowest BCUT2D eigenvalue weighted by Crippen LogP contribution is -2.60. The van der Waals surface area contributed by atoms with Crippen LogP contribution >= 0.6 is 0 Å². The van der Waals surface area contributed by atoms with Crippen molar-refractivity contribution >= 4 is 17.2 Å². The van der Waals surface area contributed by atoms with Gasteiger partial charge < -0.3 is 14.5 Å². The zero-order valence-electron chi connectivity index (χ0n) is 15.7. The standard InChI is InChI=1S/C19H22N6O2/c1-19(2)13-23(10-11-24(19)15-6-4-5-7-16(15)27-3)18(26)14-8-9-17-20-21-22-25(17)12-14/h4-9,12H,10-11,13H2,1-3H3. The maximum absolute atomic E-state index is 13.0. The molecule has 0 unspecified atom stereocenters. The van der Waals surface area contributed by atoms with Crippen molar-refractivity contribution in [3.63, 3.8) is 0 Å². The number of pyridine rings is 1. The summed E-state index contributed by atoms with van der Waals surface area (Å²) in [5, 5.41) is 11.4. The zero-order chi connectivity index (χ0) is 19.0. The molecule has 0 aliphatic carbocycles. The van der Waals surface area contributed by atoms with Crippen LogP contribution in [0.15, 0.2) is 42.6 Å². The van der Waals surface area contributed by atoms with Gasteiger partial charge in [-0.05, 0) is 48.5 Å². The van der Waals surface area contributed by atoms with E-state index >= 15 is 0 Å². The average Bonchev–Trinajstić information content (AvgIpc) is 3.14. The third-order valence-corrected chi connectivity index (χ3v) is 5.00. The predicted octanol–water partition coefficient (Wildman–Crippen LogP) is 1.87. The molecule has 1 saturated heterocycles. The van der Waals surface area contributed by atoms with E-state index in [4.69, 9.17) is 4.74 Å². The third kappa shape index (κ3) is 3.07. The first-order chi connectivity index (χ1) is 13.0. The Morgan fingerprint density at radius 2 is 1.96 bits per heavy atom. The van der Waals surface area contributed by atoms with Gasteiger partial charge in [-0.15, -0.1) is 5.10 Å². The van der Waals surface area contributed by atoms with Crippen LogP contribution in [-0.2, 0) is 0 Å². The Balaban J connectivity index is 1.57. The number of para-hydroxylation sites is 2. The number of anilines is 1. The van der Waals surface area contributed by atoms with Gasteiger partial charge in [0.1, 0.15) is 5.75 Å². The second-order valence-electron chi connectivity index (χ2n) is 7.26. The second kappa shape index (κ2) is 6.53. The van der Waals surface area contributed by atoms with Crippen molar-refractivity contribution in [2.24, 2.45) is 0 Å². The molecular weight excluding hydrogens is 344 g/mol. The number of fused-ring (bicyclic) bond motifs is 1. The van der Waals surface area contributed by atoms with E-state index in [0.717, 1.165) is 18.0 Å². The first kappa shape index (κ1) is 17.3. The Bertz CT molecular complexity index is 983. The number of carbonyl (C=O) groups is 1. The molecule has 140 valence electrons. The van der Waals surface area contributed by atoms with Crippen LogP contribution < -0.4 is 9.64 Å². The topological polar surface area (TPSA) is 75.9 Å². The van der Waals surface area contributed by atoms with Crippen LogP contribution in [0.2, 0.25) is 0 Å². The second-order valence-corrected chi connectivity index (χ2v) is 7.26. The lowest BCUT2D eigenvalue weighted by Gasteiger charge is -2.48. The Morgan fingerprint density at radius 3 is 2.74 bits per heavy atom. The summed E-state index contributed by atoms with van der Waals surface area (Å²) in [7, 11) is 1.68. The number of piperazine rings is 1. The van der Waals surface area contributed by atoms with Crippen molar-refractivity contribution in [1.82, 2.24) is 24.9 Å². The first-order valence-corrected chi connectivity index (χ1v) is 8.87. The molecule has 1 fully saturated rings. The van der Waals surface area contributed by atoms with E-state index in [1.165, 1.54) is 4.52 Å². The van der Waals surface area contributed by atoms with Gasteiger partial charge in [-0.1, -0.05) is 12.1 Å². The number of carbonyl (C=O) groups excluding carboxylic acids is 1. The summed E-state index contributed by atoms with van der Waals surface area (Å²) in [5.74, 6) is 0.828. The monoisotopic (exact) mass is 366 g/mol. The van der Waals surface area contributed by atoms with Gasteiger partial charge >= 0.3 is 0 Å². The molecular formula is C19H22N6O2. The minimum Gasteiger partial charge on any atom is -0.495 e. The molecule has 0 radical (unpaired) electrons. The van der Waals surface area contributed by atoms with Crippen LogP contribution in [0.1, 0.15) is 24.2 Å². The molecule has 3 heterocycles. The lowest BCUT2D eigenvalue weighted by atomic mass is 9.97. The van der Waals surface area contributed by atoms with Crippen LogP contribution in [0.25, 0.3) is 5.65 Å². The van der Waals surface area contributed by atoms with Gasteiger partial charge in [0, 0.05) is 25.8 Å². The SMILES string of the molecule is COc1ccccc1N1CCN(C(=O)c2ccc3nnnn3c2)CC1(C)C. The fraction of sp³-hybridized carbons (Fsp3) is 0.368. The van der Waals surface area contributed by atoms with E-state index < -0.39 is 0 Å². The van der Waals surface area contributed by atoms with E-state index in [2.05, 4.69) is 40.3 Å². The molecule has 1 aliphatic heterocycles. The van der Waals surface area contributed by atoms with E-state index in [0.29, 0.717) is 24.3 Å². The van der Waals surface area contributed by atoms with E-state index in [-0.39, 0.29) is 11.4 Å². The molecule has 2 aromatic heterocycles. The summed E-state index contributed by atoms with van der Waals surface area (Å²) in [6, 6.07) is 11.5.